The Bertz CT molecular complexity index is 751. The zero-order chi connectivity index (χ0) is 16.9. The van der Waals surface area contributed by atoms with Crippen LogP contribution >= 0.6 is 24.0 Å². The van der Waals surface area contributed by atoms with Gasteiger partial charge in [-0.3, -0.25) is 0 Å². The van der Waals surface area contributed by atoms with Gasteiger partial charge in [0.25, 0.3) is 0 Å². The number of hydrogen-bond donors (Lipinski definition) is 2. The van der Waals surface area contributed by atoms with Gasteiger partial charge in [0, 0.05) is 11.6 Å². The normalized spacial score (nSPS) is 14.4. The number of nitrogens with zero attached hydrogens (tertiary/aromatic N) is 1. The van der Waals surface area contributed by atoms with Crippen LogP contribution in [0.25, 0.3) is 0 Å². The topological polar surface area (TPSA) is 59.6 Å². The lowest BCUT2D eigenvalue weighted by Gasteiger charge is -2.27. The molecule has 3 N–H and O–H groups in total. The van der Waals surface area contributed by atoms with Crippen molar-refractivity contribution >= 4 is 35.6 Å². The van der Waals surface area contributed by atoms with Crippen molar-refractivity contribution in [3.8, 4) is 5.75 Å². The summed E-state index contributed by atoms with van der Waals surface area (Å²) in [5, 5.41) is 2.58. The summed E-state index contributed by atoms with van der Waals surface area (Å²) in [6, 6.07) is 10.7. The molecule has 25 heavy (non-hydrogen) atoms. The van der Waals surface area contributed by atoms with E-state index in [0.29, 0.717) is 6.54 Å². The van der Waals surface area contributed by atoms with E-state index in [1.165, 1.54) is 6.42 Å². The molecule has 1 fully saturated rings. The van der Waals surface area contributed by atoms with Crippen LogP contribution in [0.1, 0.15) is 24.8 Å². The number of hydrogen-bond acceptors (Lipinski definition) is 2. The first kappa shape index (κ1) is 19.4. The van der Waals surface area contributed by atoms with Crippen LogP contribution < -0.4 is 15.8 Å². The summed E-state index contributed by atoms with van der Waals surface area (Å²) in [5.74, 6) is -0.345. The Balaban J connectivity index is 0.00000225. The molecule has 0 aromatic heterocycles. The van der Waals surface area contributed by atoms with Crippen molar-refractivity contribution in [2.75, 3.05) is 5.32 Å². The Morgan fingerprint density at radius 2 is 1.96 bits per heavy atom. The smallest absolute Gasteiger partial charge is 0.193 e. The van der Waals surface area contributed by atoms with Gasteiger partial charge in [-0.25, -0.2) is 13.8 Å². The fraction of sp³-hybridized carbons (Fsp3) is 0.278. The summed E-state index contributed by atoms with van der Waals surface area (Å²) in [6.07, 6.45) is 3.61. The van der Waals surface area contributed by atoms with Gasteiger partial charge in [0.05, 0.1) is 18.3 Å². The summed E-state index contributed by atoms with van der Waals surface area (Å²) < 4.78 is 32.7. The predicted molar refractivity (Wildman–Crippen MR) is 105 cm³/mol. The maximum Gasteiger partial charge on any atom is 0.193 e. The van der Waals surface area contributed by atoms with Crippen molar-refractivity contribution < 1.29 is 13.5 Å². The molecule has 0 heterocycles. The number of benzene rings is 2. The number of nitrogens with two attached hydrogens (primary N) is 1. The molecule has 0 unspecified atom stereocenters. The maximum absolute atomic E-state index is 13.6. The summed E-state index contributed by atoms with van der Waals surface area (Å²) in [4.78, 5) is 4.19. The number of nitrogens with one attached hydrogen (secondary N) is 1. The third kappa shape index (κ3) is 5.29. The molecule has 1 aliphatic carbocycles. The number of halogens is 3. The lowest BCUT2D eigenvalue weighted by Crippen LogP contribution is -2.25. The van der Waals surface area contributed by atoms with Crippen molar-refractivity contribution in [2.24, 2.45) is 10.7 Å². The molecule has 0 amide bonds. The maximum atomic E-state index is 13.6. The average Bonchev–Trinajstić information content (AvgIpc) is 2.53. The van der Waals surface area contributed by atoms with E-state index in [-0.39, 0.29) is 41.7 Å². The van der Waals surface area contributed by atoms with E-state index in [1.54, 1.807) is 0 Å². The molecule has 1 aliphatic rings. The van der Waals surface area contributed by atoms with Gasteiger partial charge in [-0.05, 0) is 37.5 Å². The highest BCUT2D eigenvalue weighted by atomic mass is 127. The number of aliphatic imine (C=N–C) groups is 1. The second kappa shape index (κ2) is 8.98. The second-order valence-corrected chi connectivity index (χ2v) is 5.73. The minimum Gasteiger partial charge on any atom is -0.490 e. The highest BCUT2D eigenvalue weighted by Crippen LogP contribution is 2.28. The van der Waals surface area contributed by atoms with Crippen LogP contribution in [-0.2, 0) is 6.54 Å². The summed E-state index contributed by atoms with van der Waals surface area (Å²) in [7, 11) is 0. The number of guanidine groups is 1. The Morgan fingerprint density at radius 3 is 2.68 bits per heavy atom. The molecule has 2 aromatic carbocycles. The van der Waals surface area contributed by atoms with Crippen LogP contribution in [0.3, 0.4) is 0 Å². The van der Waals surface area contributed by atoms with Crippen molar-refractivity contribution in [3.63, 3.8) is 0 Å². The van der Waals surface area contributed by atoms with Crippen LogP contribution in [0.15, 0.2) is 47.5 Å². The van der Waals surface area contributed by atoms with Gasteiger partial charge in [-0.1, -0.05) is 18.2 Å². The molecule has 0 saturated heterocycles. The van der Waals surface area contributed by atoms with Crippen LogP contribution in [0, 0.1) is 11.6 Å². The van der Waals surface area contributed by atoms with E-state index in [1.807, 2.05) is 24.3 Å². The van der Waals surface area contributed by atoms with Gasteiger partial charge in [-0.15, -0.1) is 24.0 Å². The van der Waals surface area contributed by atoms with Crippen LogP contribution in [0.5, 0.6) is 5.75 Å². The molecule has 1 saturated carbocycles. The van der Waals surface area contributed by atoms with E-state index < -0.39 is 11.6 Å². The minimum absolute atomic E-state index is 0. The van der Waals surface area contributed by atoms with E-state index in [0.717, 1.165) is 42.4 Å². The van der Waals surface area contributed by atoms with Crippen molar-refractivity contribution in [3.05, 3.63) is 59.7 Å². The van der Waals surface area contributed by atoms with Crippen molar-refractivity contribution in [1.82, 2.24) is 0 Å². The summed E-state index contributed by atoms with van der Waals surface area (Å²) in [6.45, 7) is 0.290. The Morgan fingerprint density at radius 1 is 1.20 bits per heavy atom. The molecule has 0 atom stereocenters. The molecule has 2 aromatic rings. The second-order valence-electron chi connectivity index (χ2n) is 5.73. The molecule has 0 radical (unpaired) electrons. The predicted octanol–water partition coefficient (Wildman–Crippen LogP) is 4.44. The fourth-order valence-electron chi connectivity index (χ4n) is 2.36. The lowest BCUT2D eigenvalue weighted by molar-refractivity contribution is 0.119. The highest BCUT2D eigenvalue weighted by Gasteiger charge is 2.20. The Hall–Kier alpha value is -1.90. The first-order valence-corrected chi connectivity index (χ1v) is 7.88. The molecule has 134 valence electrons. The fourth-order valence-corrected chi connectivity index (χ4v) is 2.36. The van der Waals surface area contributed by atoms with E-state index >= 15 is 0 Å². The zero-order valence-corrected chi connectivity index (χ0v) is 15.9. The van der Waals surface area contributed by atoms with Gasteiger partial charge in [0.15, 0.2) is 5.96 Å². The summed E-state index contributed by atoms with van der Waals surface area (Å²) >= 11 is 0. The van der Waals surface area contributed by atoms with E-state index in [4.69, 9.17) is 10.5 Å². The SMILES string of the molecule is I.NC(=NCc1ccccc1OC1CCC1)Nc1cc(F)ccc1F. The van der Waals surface area contributed by atoms with E-state index in [2.05, 4.69) is 10.3 Å². The van der Waals surface area contributed by atoms with Crippen LogP contribution in [-0.4, -0.2) is 12.1 Å². The Labute approximate surface area is 162 Å². The van der Waals surface area contributed by atoms with Gasteiger partial charge < -0.3 is 15.8 Å². The third-order valence-corrected chi connectivity index (χ3v) is 3.93. The van der Waals surface area contributed by atoms with Gasteiger partial charge in [-0.2, -0.15) is 0 Å². The largest absolute Gasteiger partial charge is 0.490 e. The first-order chi connectivity index (χ1) is 11.6. The van der Waals surface area contributed by atoms with Crippen LogP contribution in [0.2, 0.25) is 0 Å². The molecular formula is C18H20F2IN3O. The first-order valence-electron chi connectivity index (χ1n) is 7.88. The van der Waals surface area contributed by atoms with Gasteiger partial charge in [0.1, 0.15) is 17.4 Å². The number of para-hydroxylation sites is 1. The third-order valence-electron chi connectivity index (χ3n) is 3.93. The van der Waals surface area contributed by atoms with Gasteiger partial charge >= 0.3 is 0 Å². The lowest BCUT2D eigenvalue weighted by atomic mass is 9.96. The highest BCUT2D eigenvalue weighted by molar-refractivity contribution is 14.0. The molecule has 7 heteroatoms. The zero-order valence-electron chi connectivity index (χ0n) is 13.5. The number of anilines is 1. The van der Waals surface area contributed by atoms with E-state index in [9.17, 15) is 8.78 Å². The average molecular weight is 459 g/mol. The molecule has 3 rings (SSSR count). The van der Waals surface area contributed by atoms with Gasteiger partial charge in [0.2, 0.25) is 0 Å². The molecule has 0 bridgehead atoms. The number of rotatable bonds is 5. The number of ether oxygens (including phenoxy) is 1. The monoisotopic (exact) mass is 459 g/mol. The summed E-state index contributed by atoms with van der Waals surface area (Å²) in [5.41, 5.74) is 6.62. The molecular weight excluding hydrogens is 439 g/mol. The quantitative estimate of drug-likeness (QED) is 0.395. The van der Waals surface area contributed by atoms with Crippen molar-refractivity contribution in [2.45, 2.75) is 31.9 Å². The molecule has 0 spiro atoms. The Kier molecular flexibility index (Phi) is 6.98. The minimum atomic E-state index is -0.594. The van der Waals surface area contributed by atoms with Crippen molar-refractivity contribution in [1.29, 1.82) is 0 Å². The van der Waals surface area contributed by atoms with Crippen LogP contribution in [0.4, 0.5) is 14.5 Å². The standard InChI is InChI=1S/C18H19F2N3O.HI/c19-13-8-9-15(20)16(10-13)23-18(21)22-11-12-4-1-2-7-17(12)24-14-5-3-6-14;/h1-2,4,7-10,14H,3,5-6,11H2,(H3,21,22,23);1H. The molecule has 4 nitrogen and oxygen atoms in total. The molecule has 0 aliphatic heterocycles.